The monoisotopic (exact) mass is 247 g/mol. The van der Waals surface area contributed by atoms with Crippen molar-refractivity contribution in [2.24, 2.45) is 11.8 Å². The second-order valence-corrected chi connectivity index (χ2v) is 5.27. The van der Waals surface area contributed by atoms with Gasteiger partial charge in [-0.15, -0.1) is 0 Å². The molecule has 98 valence electrons. The van der Waals surface area contributed by atoms with Gasteiger partial charge in [-0.1, -0.05) is 12.5 Å². The first-order chi connectivity index (χ1) is 8.75. The summed E-state index contributed by atoms with van der Waals surface area (Å²) in [4.78, 5) is 15.2. The standard InChI is InChI=1S/C15H21NO2/c17-15(18)13-9-7-12(8-10-13)4-3-6-14-5-1-2-11-16-14/h1-2,5,11-13H,3-4,6-10H2,(H,17,18). The zero-order valence-corrected chi connectivity index (χ0v) is 10.7. The number of rotatable bonds is 5. The minimum absolute atomic E-state index is 0.0861. The maximum absolute atomic E-state index is 10.9. The predicted octanol–water partition coefficient (Wildman–Crippen LogP) is 3.30. The van der Waals surface area contributed by atoms with Gasteiger partial charge in [-0.25, -0.2) is 0 Å². The van der Waals surface area contributed by atoms with Crippen LogP contribution in [0.2, 0.25) is 0 Å². The molecule has 0 amide bonds. The van der Waals surface area contributed by atoms with Gasteiger partial charge in [-0.3, -0.25) is 9.78 Å². The second kappa shape index (κ2) is 6.53. The molecule has 0 spiro atoms. The summed E-state index contributed by atoms with van der Waals surface area (Å²) in [5, 5.41) is 8.94. The third-order valence-electron chi connectivity index (χ3n) is 3.97. The number of nitrogens with zero attached hydrogens (tertiary/aromatic N) is 1. The van der Waals surface area contributed by atoms with E-state index in [2.05, 4.69) is 11.1 Å². The zero-order chi connectivity index (χ0) is 12.8. The molecule has 1 aliphatic carbocycles. The zero-order valence-electron chi connectivity index (χ0n) is 10.7. The molecule has 1 fully saturated rings. The number of aromatic nitrogens is 1. The highest BCUT2D eigenvalue weighted by Crippen LogP contribution is 2.31. The molecule has 0 saturated heterocycles. The summed E-state index contributed by atoms with van der Waals surface area (Å²) in [6, 6.07) is 6.04. The summed E-state index contributed by atoms with van der Waals surface area (Å²) in [6.45, 7) is 0. The van der Waals surface area contributed by atoms with Crippen LogP contribution in [0.3, 0.4) is 0 Å². The lowest BCUT2D eigenvalue weighted by Crippen LogP contribution is -2.21. The van der Waals surface area contributed by atoms with Crippen LogP contribution in [0.4, 0.5) is 0 Å². The summed E-state index contributed by atoms with van der Waals surface area (Å²) in [7, 11) is 0. The SMILES string of the molecule is O=C(O)C1CCC(CCCc2ccccn2)CC1. The molecule has 0 radical (unpaired) electrons. The van der Waals surface area contributed by atoms with E-state index in [0.29, 0.717) is 0 Å². The Morgan fingerprint density at radius 1 is 1.28 bits per heavy atom. The highest BCUT2D eigenvalue weighted by atomic mass is 16.4. The van der Waals surface area contributed by atoms with Crippen LogP contribution in [-0.2, 0) is 11.2 Å². The summed E-state index contributed by atoms with van der Waals surface area (Å²) in [5.41, 5.74) is 1.16. The van der Waals surface area contributed by atoms with E-state index in [-0.39, 0.29) is 5.92 Å². The fraction of sp³-hybridized carbons (Fsp3) is 0.600. The molecule has 1 aromatic rings. The Morgan fingerprint density at radius 2 is 2.06 bits per heavy atom. The number of hydrogen-bond acceptors (Lipinski definition) is 2. The molecular formula is C15H21NO2. The van der Waals surface area contributed by atoms with E-state index in [1.807, 2.05) is 18.3 Å². The van der Waals surface area contributed by atoms with E-state index in [1.165, 1.54) is 12.8 Å². The number of hydrogen-bond donors (Lipinski definition) is 1. The van der Waals surface area contributed by atoms with E-state index in [4.69, 9.17) is 5.11 Å². The quantitative estimate of drug-likeness (QED) is 0.868. The van der Waals surface area contributed by atoms with Crippen molar-refractivity contribution in [3.63, 3.8) is 0 Å². The Balaban J connectivity index is 1.65. The van der Waals surface area contributed by atoms with Crippen molar-refractivity contribution in [3.8, 4) is 0 Å². The normalized spacial score (nSPS) is 23.8. The van der Waals surface area contributed by atoms with E-state index < -0.39 is 5.97 Å². The highest BCUT2D eigenvalue weighted by molar-refractivity contribution is 5.69. The maximum atomic E-state index is 10.9. The van der Waals surface area contributed by atoms with E-state index in [9.17, 15) is 4.79 Å². The number of pyridine rings is 1. The lowest BCUT2D eigenvalue weighted by Gasteiger charge is -2.25. The Bertz CT molecular complexity index is 369. The average molecular weight is 247 g/mol. The molecule has 18 heavy (non-hydrogen) atoms. The van der Waals surface area contributed by atoms with Gasteiger partial charge in [0.2, 0.25) is 0 Å². The van der Waals surface area contributed by atoms with E-state index in [0.717, 1.165) is 43.7 Å². The van der Waals surface area contributed by atoms with Crippen molar-refractivity contribution in [2.75, 3.05) is 0 Å². The molecule has 1 heterocycles. The third-order valence-corrected chi connectivity index (χ3v) is 3.97. The Kier molecular flexibility index (Phi) is 4.73. The predicted molar refractivity (Wildman–Crippen MR) is 70.3 cm³/mol. The molecule has 1 saturated carbocycles. The van der Waals surface area contributed by atoms with Gasteiger partial charge in [0.05, 0.1) is 5.92 Å². The van der Waals surface area contributed by atoms with Crippen LogP contribution in [0.1, 0.15) is 44.2 Å². The summed E-state index contributed by atoms with van der Waals surface area (Å²) in [6.07, 6.45) is 9.15. The van der Waals surface area contributed by atoms with Crippen LogP contribution in [-0.4, -0.2) is 16.1 Å². The maximum Gasteiger partial charge on any atom is 0.306 e. The summed E-state index contributed by atoms with van der Waals surface area (Å²) in [5.74, 6) is 0.0308. The number of carboxylic acid groups (broad SMARTS) is 1. The topological polar surface area (TPSA) is 50.2 Å². The van der Waals surface area contributed by atoms with Gasteiger partial charge < -0.3 is 5.11 Å². The number of carbonyl (C=O) groups is 1. The molecule has 0 aromatic carbocycles. The Morgan fingerprint density at radius 3 is 2.67 bits per heavy atom. The average Bonchev–Trinajstić information content (AvgIpc) is 2.40. The smallest absolute Gasteiger partial charge is 0.306 e. The van der Waals surface area contributed by atoms with Crippen molar-refractivity contribution in [2.45, 2.75) is 44.9 Å². The van der Waals surface area contributed by atoms with E-state index in [1.54, 1.807) is 0 Å². The molecule has 0 unspecified atom stereocenters. The van der Waals surface area contributed by atoms with Crippen LogP contribution >= 0.6 is 0 Å². The van der Waals surface area contributed by atoms with Crippen molar-refractivity contribution in [1.82, 2.24) is 4.98 Å². The largest absolute Gasteiger partial charge is 0.481 e. The van der Waals surface area contributed by atoms with Crippen LogP contribution in [0.5, 0.6) is 0 Å². The van der Waals surface area contributed by atoms with Gasteiger partial charge in [-0.2, -0.15) is 0 Å². The molecular weight excluding hydrogens is 226 g/mol. The highest BCUT2D eigenvalue weighted by Gasteiger charge is 2.25. The number of aliphatic carboxylic acids is 1. The molecule has 2 rings (SSSR count). The summed E-state index contributed by atoms with van der Waals surface area (Å²) < 4.78 is 0. The first-order valence-corrected chi connectivity index (χ1v) is 6.88. The van der Waals surface area contributed by atoms with Gasteiger partial charge in [0.1, 0.15) is 0 Å². The molecule has 1 aliphatic rings. The van der Waals surface area contributed by atoms with Gasteiger partial charge in [0, 0.05) is 11.9 Å². The molecule has 0 aliphatic heterocycles. The molecule has 1 N–H and O–H groups in total. The first kappa shape index (κ1) is 13.1. The van der Waals surface area contributed by atoms with Crippen LogP contribution < -0.4 is 0 Å². The molecule has 3 nitrogen and oxygen atoms in total. The Labute approximate surface area is 108 Å². The van der Waals surface area contributed by atoms with E-state index >= 15 is 0 Å². The minimum atomic E-state index is -0.609. The first-order valence-electron chi connectivity index (χ1n) is 6.88. The van der Waals surface area contributed by atoms with Crippen molar-refractivity contribution < 1.29 is 9.90 Å². The Hall–Kier alpha value is -1.38. The molecule has 0 bridgehead atoms. The van der Waals surface area contributed by atoms with Crippen LogP contribution in [0.15, 0.2) is 24.4 Å². The summed E-state index contributed by atoms with van der Waals surface area (Å²) >= 11 is 0. The second-order valence-electron chi connectivity index (χ2n) is 5.27. The molecule has 3 heteroatoms. The van der Waals surface area contributed by atoms with Crippen molar-refractivity contribution >= 4 is 5.97 Å². The minimum Gasteiger partial charge on any atom is -0.481 e. The van der Waals surface area contributed by atoms with Gasteiger partial charge in [0.15, 0.2) is 0 Å². The lowest BCUT2D eigenvalue weighted by atomic mass is 9.80. The van der Waals surface area contributed by atoms with Crippen molar-refractivity contribution in [1.29, 1.82) is 0 Å². The lowest BCUT2D eigenvalue weighted by molar-refractivity contribution is -0.143. The van der Waals surface area contributed by atoms with Gasteiger partial charge >= 0.3 is 5.97 Å². The fourth-order valence-electron chi connectivity index (χ4n) is 2.82. The third kappa shape index (κ3) is 3.83. The number of aryl methyl sites for hydroxylation is 1. The molecule has 0 atom stereocenters. The van der Waals surface area contributed by atoms with Crippen LogP contribution in [0, 0.1) is 11.8 Å². The van der Waals surface area contributed by atoms with Crippen LogP contribution in [0.25, 0.3) is 0 Å². The van der Waals surface area contributed by atoms with Crippen molar-refractivity contribution in [3.05, 3.63) is 30.1 Å². The van der Waals surface area contributed by atoms with Gasteiger partial charge in [0.25, 0.3) is 0 Å². The number of carboxylic acids is 1. The fourth-order valence-corrected chi connectivity index (χ4v) is 2.82. The molecule has 1 aromatic heterocycles. The van der Waals surface area contributed by atoms with Gasteiger partial charge in [-0.05, 0) is 56.6 Å².